The van der Waals surface area contributed by atoms with Crippen LogP contribution in [0.5, 0.6) is 11.5 Å². The van der Waals surface area contributed by atoms with Crippen LogP contribution >= 0.6 is 0 Å². The molecule has 2 fully saturated rings. The summed E-state index contributed by atoms with van der Waals surface area (Å²) in [5.74, 6) is 1.42. The van der Waals surface area contributed by atoms with Gasteiger partial charge in [0.2, 0.25) is 5.91 Å². The van der Waals surface area contributed by atoms with E-state index in [-0.39, 0.29) is 34.4 Å². The predicted octanol–water partition coefficient (Wildman–Crippen LogP) is 4.95. The van der Waals surface area contributed by atoms with Crippen LogP contribution in [0.2, 0.25) is 0 Å². The van der Waals surface area contributed by atoms with E-state index in [1.54, 1.807) is 26.4 Å². The molecular weight excluding hydrogens is 548 g/mol. The van der Waals surface area contributed by atoms with Crippen molar-refractivity contribution in [2.75, 3.05) is 27.3 Å². The van der Waals surface area contributed by atoms with Crippen molar-refractivity contribution in [2.24, 2.45) is 5.92 Å². The SMILES string of the molecule is COc1ccc(CNC(=O)c2ccc(CN(C(=O)C3CC3)C3CCN(Cc4ccc([N+](=O)[O-])cc4)CC3)cc2)cc1OC. The molecule has 1 aliphatic carbocycles. The second-order valence-electron chi connectivity index (χ2n) is 11.2. The van der Waals surface area contributed by atoms with Gasteiger partial charge in [-0.3, -0.25) is 24.6 Å². The fraction of sp³-hybridized carbons (Fsp3) is 0.394. The van der Waals surface area contributed by atoms with E-state index < -0.39 is 0 Å². The van der Waals surface area contributed by atoms with Crippen LogP contribution in [-0.2, 0) is 24.4 Å². The van der Waals surface area contributed by atoms with Crippen LogP contribution in [0.15, 0.2) is 66.7 Å². The Morgan fingerprint density at radius 2 is 1.51 bits per heavy atom. The largest absolute Gasteiger partial charge is 0.493 e. The lowest BCUT2D eigenvalue weighted by Gasteiger charge is -2.39. The molecule has 1 heterocycles. The van der Waals surface area contributed by atoms with Gasteiger partial charge in [-0.25, -0.2) is 0 Å². The Labute approximate surface area is 251 Å². The Bertz CT molecular complexity index is 1430. The fourth-order valence-corrected chi connectivity index (χ4v) is 5.56. The minimum absolute atomic E-state index is 0.0972. The quantitative estimate of drug-likeness (QED) is 0.236. The highest BCUT2D eigenvalue weighted by Crippen LogP contribution is 2.34. The molecule has 2 aliphatic rings. The highest BCUT2D eigenvalue weighted by Gasteiger charge is 2.37. The molecule has 0 atom stereocenters. The zero-order chi connectivity index (χ0) is 30.3. The van der Waals surface area contributed by atoms with Crippen molar-refractivity contribution in [1.82, 2.24) is 15.1 Å². The van der Waals surface area contributed by atoms with E-state index in [0.29, 0.717) is 30.2 Å². The molecule has 1 aliphatic heterocycles. The fourth-order valence-electron chi connectivity index (χ4n) is 5.56. The zero-order valence-electron chi connectivity index (χ0n) is 24.7. The average Bonchev–Trinajstić information content (AvgIpc) is 3.89. The number of hydrogen-bond acceptors (Lipinski definition) is 7. The van der Waals surface area contributed by atoms with Gasteiger partial charge in [0.15, 0.2) is 11.5 Å². The van der Waals surface area contributed by atoms with Gasteiger partial charge in [0.25, 0.3) is 11.6 Å². The lowest BCUT2D eigenvalue weighted by molar-refractivity contribution is -0.384. The molecule has 1 N–H and O–H groups in total. The van der Waals surface area contributed by atoms with Gasteiger partial charge in [0.05, 0.1) is 19.1 Å². The number of piperidine rings is 1. The number of nitro benzene ring substituents is 1. The van der Waals surface area contributed by atoms with Crippen molar-refractivity contribution in [3.05, 3.63) is 99.1 Å². The normalized spacial score (nSPS) is 15.5. The lowest BCUT2D eigenvalue weighted by Crippen LogP contribution is -2.47. The van der Waals surface area contributed by atoms with Gasteiger partial charge in [0.1, 0.15) is 0 Å². The number of hydrogen-bond donors (Lipinski definition) is 1. The Kier molecular flexibility index (Phi) is 9.56. The summed E-state index contributed by atoms with van der Waals surface area (Å²) < 4.78 is 10.6. The van der Waals surface area contributed by atoms with E-state index in [0.717, 1.165) is 62.0 Å². The number of nitrogens with zero attached hydrogens (tertiary/aromatic N) is 3. The van der Waals surface area contributed by atoms with Gasteiger partial charge in [-0.1, -0.05) is 30.3 Å². The van der Waals surface area contributed by atoms with Crippen LogP contribution in [0.4, 0.5) is 5.69 Å². The van der Waals surface area contributed by atoms with E-state index in [9.17, 15) is 19.7 Å². The topological polar surface area (TPSA) is 114 Å². The van der Waals surface area contributed by atoms with Gasteiger partial charge in [-0.15, -0.1) is 0 Å². The molecule has 1 saturated carbocycles. The number of non-ortho nitro benzene ring substituents is 1. The second kappa shape index (κ2) is 13.7. The summed E-state index contributed by atoms with van der Waals surface area (Å²) >= 11 is 0. The van der Waals surface area contributed by atoms with Crippen molar-refractivity contribution < 1.29 is 24.0 Å². The van der Waals surface area contributed by atoms with Gasteiger partial charge in [-0.05, 0) is 66.6 Å². The summed E-state index contributed by atoms with van der Waals surface area (Å²) in [6.45, 7) is 3.32. The first-order chi connectivity index (χ1) is 20.8. The van der Waals surface area contributed by atoms with E-state index in [2.05, 4.69) is 10.2 Å². The third-order valence-electron chi connectivity index (χ3n) is 8.23. The maximum absolute atomic E-state index is 13.3. The number of benzene rings is 3. The lowest BCUT2D eigenvalue weighted by atomic mass is 10.0. The predicted molar refractivity (Wildman–Crippen MR) is 162 cm³/mol. The van der Waals surface area contributed by atoms with E-state index in [1.165, 1.54) is 0 Å². The molecule has 10 heteroatoms. The van der Waals surface area contributed by atoms with Gasteiger partial charge >= 0.3 is 0 Å². The number of methoxy groups -OCH3 is 2. The van der Waals surface area contributed by atoms with Gasteiger partial charge in [-0.2, -0.15) is 0 Å². The molecule has 0 unspecified atom stereocenters. The summed E-state index contributed by atoms with van der Waals surface area (Å²) in [5.41, 5.74) is 3.60. The van der Waals surface area contributed by atoms with Crippen LogP contribution in [0, 0.1) is 16.0 Å². The van der Waals surface area contributed by atoms with Crippen LogP contribution in [0.25, 0.3) is 0 Å². The van der Waals surface area contributed by atoms with E-state index >= 15 is 0 Å². The van der Waals surface area contributed by atoms with Crippen molar-refractivity contribution in [2.45, 2.75) is 51.4 Å². The number of carbonyl (C=O) groups excluding carboxylic acids is 2. The summed E-state index contributed by atoms with van der Waals surface area (Å²) in [6, 6.07) is 19.9. The first-order valence-corrected chi connectivity index (χ1v) is 14.7. The molecule has 5 rings (SSSR count). The van der Waals surface area contributed by atoms with Crippen LogP contribution in [0.1, 0.15) is 52.7 Å². The van der Waals surface area contributed by atoms with E-state index in [4.69, 9.17) is 9.47 Å². The second-order valence-corrected chi connectivity index (χ2v) is 11.2. The Morgan fingerprint density at radius 3 is 2.12 bits per heavy atom. The van der Waals surface area contributed by atoms with Gasteiger partial charge in [0, 0.05) is 62.4 Å². The Hall–Kier alpha value is -4.44. The summed E-state index contributed by atoms with van der Waals surface area (Å²) in [4.78, 5) is 41.1. The monoisotopic (exact) mass is 586 g/mol. The van der Waals surface area contributed by atoms with Gasteiger partial charge < -0.3 is 19.7 Å². The maximum Gasteiger partial charge on any atom is 0.269 e. The molecule has 43 heavy (non-hydrogen) atoms. The number of amides is 2. The molecule has 0 bridgehead atoms. The van der Waals surface area contributed by atoms with Crippen LogP contribution in [0.3, 0.4) is 0 Å². The highest BCUT2D eigenvalue weighted by molar-refractivity contribution is 5.94. The Morgan fingerprint density at radius 1 is 0.884 bits per heavy atom. The minimum atomic E-state index is -0.384. The maximum atomic E-state index is 13.3. The highest BCUT2D eigenvalue weighted by atomic mass is 16.6. The van der Waals surface area contributed by atoms with E-state index in [1.807, 2.05) is 59.5 Å². The number of nitro groups is 1. The molecule has 226 valence electrons. The standard InChI is InChI=1S/C33H38N4O6/c1-42-30-14-7-25(19-31(30)43-2)20-34-32(38)26-8-3-24(4-9-26)22-36(33(39)27-10-11-27)28-15-17-35(18-16-28)21-23-5-12-29(13-6-23)37(40)41/h3-9,12-14,19,27-28H,10-11,15-18,20-22H2,1-2H3,(H,34,38). The average molecular weight is 587 g/mol. The van der Waals surface area contributed by atoms with Crippen molar-refractivity contribution in [1.29, 1.82) is 0 Å². The van der Waals surface area contributed by atoms with Crippen LogP contribution in [-0.4, -0.2) is 59.9 Å². The number of rotatable bonds is 12. The summed E-state index contributed by atoms with van der Waals surface area (Å²) in [7, 11) is 3.16. The molecular formula is C33H38N4O6. The first-order valence-electron chi connectivity index (χ1n) is 14.7. The molecule has 0 radical (unpaired) electrons. The summed E-state index contributed by atoms with van der Waals surface area (Å²) in [6.07, 6.45) is 3.66. The van der Waals surface area contributed by atoms with Crippen molar-refractivity contribution in [3.8, 4) is 11.5 Å². The third kappa shape index (κ3) is 7.70. The van der Waals surface area contributed by atoms with Crippen molar-refractivity contribution in [3.63, 3.8) is 0 Å². The number of carbonyl (C=O) groups is 2. The minimum Gasteiger partial charge on any atom is -0.493 e. The van der Waals surface area contributed by atoms with Crippen LogP contribution < -0.4 is 14.8 Å². The molecule has 1 saturated heterocycles. The third-order valence-corrected chi connectivity index (χ3v) is 8.23. The molecule has 0 aromatic heterocycles. The van der Waals surface area contributed by atoms with Crippen molar-refractivity contribution >= 4 is 17.5 Å². The molecule has 3 aromatic carbocycles. The molecule has 2 amide bonds. The summed E-state index contributed by atoms with van der Waals surface area (Å²) in [5, 5.41) is 13.9. The zero-order valence-corrected chi connectivity index (χ0v) is 24.7. The Balaban J connectivity index is 1.16. The first kappa shape index (κ1) is 30.0. The smallest absolute Gasteiger partial charge is 0.269 e. The number of ether oxygens (including phenoxy) is 2. The number of likely N-dealkylation sites (tertiary alicyclic amines) is 1. The molecule has 10 nitrogen and oxygen atoms in total. The number of nitrogens with one attached hydrogen (secondary N) is 1. The molecule has 0 spiro atoms. The molecule has 3 aromatic rings.